The first-order chi connectivity index (χ1) is 15.5. The van der Waals surface area contributed by atoms with Crippen molar-refractivity contribution in [3.05, 3.63) is 47.8 Å². The van der Waals surface area contributed by atoms with Gasteiger partial charge in [0.1, 0.15) is 5.82 Å². The van der Waals surface area contributed by atoms with Crippen LogP contribution >= 0.6 is 0 Å². The third kappa shape index (κ3) is 3.45. The molecule has 1 aliphatic heterocycles. The molecule has 0 radical (unpaired) electrons. The topological polar surface area (TPSA) is 104 Å². The maximum atomic E-state index is 12.5. The van der Waals surface area contributed by atoms with Crippen molar-refractivity contribution in [2.45, 2.75) is 19.4 Å². The van der Waals surface area contributed by atoms with Crippen LogP contribution in [0.15, 0.2) is 36.7 Å². The first kappa shape index (κ1) is 20.0. The number of aryl methyl sites for hydroxylation is 1. The Morgan fingerprint density at radius 1 is 1.12 bits per heavy atom. The molecule has 0 saturated heterocycles. The summed E-state index contributed by atoms with van der Waals surface area (Å²) in [6.45, 7) is 0.732. The number of rotatable bonds is 5. The number of anilines is 4. The molecular weight excluding hydrogens is 406 g/mol. The van der Waals surface area contributed by atoms with Gasteiger partial charge in [0.05, 0.1) is 34.5 Å². The number of aromatic nitrogens is 3. The van der Waals surface area contributed by atoms with Crippen LogP contribution in [-0.2, 0) is 18.4 Å². The lowest BCUT2D eigenvalue weighted by molar-refractivity contribution is -0.117. The largest absolute Gasteiger partial charge is 0.368 e. The van der Waals surface area contributed by atoms with E-state index in [-0.39, 0.29) is 17.7 Å². The van der Waals surface area contributed by atoms with Crippen LogP contribution in [0.1, 0.15) is 28.8 Å². The number of carbonyl (C=O) groups excluding carboxylic acids is 2. The van der Waals surface area contributed by atoms with Gasteiger partial charge < -0.3 is 20.9 Å². The van der Waals surface area contributed by atoms with Crippen LogP contribution in [0.25, 0.3) is 11.3 Å². The summed E-state index contributed by atoms with van der Waals surface area (Å²) >= 11 is 0. The molecule has 164 valence electrons. The standard InChI is InChI=1S/C23H25N7O2/c1-24-23(32)16-11-25-19(28-22(31)13-7-8-13)9-18(16)27-17-6-4-5-15-20-14(10-26-30(20)3)12-29(2)21(15)17/h4-6,9-11,13H,7-8,12H2,1-3H3,(H,24,32)(H2,25,27,28,31). The number of pyridine rings is 1. The molecule has 2 aromatic heterocycles. The van der Waals surface area contributed by atoms with Crippen molar-refractivity contribution in [1.29, 1.82) is 0 Å². The summed E-state index contributed by atoms with van der Waals surface area (Å²) in [5.41, 5.74) is 6.16. The number of para-hydroxylation sites is 1. The summed E-state index contributed by atoms with van der Waals surface area (Å²) < 4.78 is 1.89. The third-order valence-corrected chi connectivity index (χ3v) is 5.94. The van der Waals surface area contributed by atoms with Crippen molar-refractivity contribution in [3.8, 4) is 11.3 Å². The number of nitrogens with one attached hydrogen (secondary N) is 3. The second-order valence-corrected chi connectivity index (χ2v) is 8.28. The van der Waals surface area contributed by atoms with Gasteiger partial charge in [-0.25, -0.2) is 4.98 Å². The molecule has 9 heteroatoms. The fraction of sp³-hybridized carbons (Fsp3) is 0.304. The van der Waals surface area contributed by atoms with Gasteiger partial charge in [-0.15, -0.1) is 0 Å². The highest BCUT2D eigenvalue weighted by Crippen LogP contribution is 2.43. The van der Waals surface area contributed by atoms with Gasteiger partial charge in [-0.2, -0.15) is 5.10 Å². The van der Waals surface area contributed by atoms with Gasteiger partial charge in [0.15, 0.2) is 0 Å². The molecule has 1 saturated carbocycles. The smallest absolute Gasteiger partial charge is 0.254 e. The Hall–Kier alpha value is -3.88. The highest BCUT2D eigenvalue weighted by molar-refractivity contribution is 6.02. The van der Waals surface area contributed by atoms with Crippen molar-refractivity contribution in [2.24, 2.45) is 13.0 Å². The number of nitrogens with zero attached hydrogens (tertiary/aromatic N) is 4. The van der Waals surface area contributed by atoms with E-state index in [2.05, 4.69) is 37.0 Å². The number of hydrogen-bond donors (Lipinski definition) is 3. The number of amides is 2. The van der Waals surface area contributed by atoms with E-state index in [1.165, 1.54) is 11.8 Å². The van der Waals surface area contributed by atoms with E-state index in [9.17, 15) is 9.59 Å². The highest BCUT2D eigenvalue weighted by Gasteiger charge is 2.30. The molecule has 0 unspecified atom stereocenters. The molecule has 5 rings (SSSR count). The van der Waals surface area contributed by atoms with Gasteiger partial charge in [-0.05, 0) is 18.9 Å². The second-order valence-electron chi connectivity index (χ2n) is 8.28. The monoisotopic (exact) mass is 431 g/mol. The number of carbonyl (C=O) groups is 2. The molecule has 1 fully saturated rings. The fourth-order valence-electron chi connectivity index (χ4n) is 4.19. The van der Waals surface area contributed by atoms with Crippen LogP contribution in [0.3, 0.4) is 0 Å². The Bertz CT molecular complexity index is 1230. The van der Waals surface area contributed by atoms with Gasteiger partial charge in [0, 0.05) is 57.0 Å². The SMILES string of the molecule is CNC(=O)c1cnc(NC(=O)C2CC2)cc1Nc1cccc2c1N(C)Cc1cnn(C)c1-2. The van der Waals surface area contributed by atoms with E-state index >= 15 is 0 Å². The minimum absolute atomic E-state index is 0.0308. The molecule has 1 aliphatic carbocycles. The summed E-state index contributed by atoms with van der Waals surface area (Å²) in [4.78, 5) is 31.2. The van der Waals surface area contributed by atoms with Crippen LogP contribution in [0.2, 0.25) is 0 Å². The number of hydrogen-bond acceptors (Lipinski definition) is 6. The van der Waals surface area contributed by atoms with Gasteiger partial charge >= 0.3 is 0 Å². The molecule has 1 aromatic carbocycles. The molecule has 0 spiro atoms. The maximum Gasteiger partial charge on any atom is 0.254 e. The lowest BCUT2D eigenvalue weighted by atomic mass is 9.99. The molecular formula is C23H25N7O2. The van der Waals surface area contributed by atoms with E-state index in [0.717, 1.165) is 42.0 Å². The van der Waals surface area contributed by atoms with Crippen LogP contribution < -0.4 is 20.9 Å². The number of fused-ring (bicyclic) bond motifs is 3. The molecule has 32 heavy (non-hydrogen) atoms. The minimum Gasteiger partial charge on any atom is -0.368 e. The lowest BCUT2D eigenvalue weighted by Crippen LogP contribution is -2.23. The quantitative estimate of drug-likeness (QED) is 0.574. The van der Waals surface area contributed by atoms with Gasteiger partial charge in [-0.1, -0.05) is 12.1 Å². The van der Waals surface area contributed by atoms with Gasteiger partial charge in [0.2, 0.25) is 5.91 Å². The predicted molar refractivity (Wildman–Crippen MR) is 123 cm³/mol. The average Bonchev–Trinajstić information content (AvgIpc) is 3.57. The second kappa shape index (κ2) is 7.67. The van der Waals surface area contributed by atoms with E-state index in [1.807, 2.05) is 37.1 Å². The fourth-order valence-corrected chi connectivity index (χ4v) is 4.19. The molecule has 9 nitrogen and oxygen atoms in total. The predicted octanol–water partition coefficient (Wildman–Crippen LogP) is 2.88. The summed E-state index contributed by atoms with van der Waals surface area (Å²) in [6, 6.07) is 7.74. The first-order valence-corrected chi connectivity index (χ1v) is 10.6. The van der Waals surface area contributed by atoms with E-state index in [1.54, 1.807) is 13.1 Å². The van der Waals surface area contributed by atoms with Crippen LogP contribution in [0, 0.1) is 5.92 Å². The summed E-state index contributed by atoms with van der Waals surface area (Å²) in [7, 11) is 5.56. The van der Waals surface area contributed by atoms with Crippen molar-refractivity contribution in [2.75, 3.05) is 29.6 Å². The van der Waals surface area contributed by atoms with E-state index in [0.29, 0.717) is 17.1 Å². The maximum absolute atomic E-state index is 12.5. The molecule has 2 amide bonds. The molecule has 3 N–H and O–H groups in total. The van der Waals surface area contributed by atoms with E-state index in [4.69, 9.17) is 0 Å². The number of benzene rings is 1. The van der Waals surface area contributed by atoms with Gasteiger partial charge in [-0.3, -0.25) is 14.3 Å². The zero-order chi connectivity index (χ0) is 22.4. The van der Waals surface area contributed by atoms with Crippen LogP contribution in [0.5, 0.6) is 0 Å². The van der Waals surface area contributed by atoms with Crippen molar-refractivity contribution < 1.29 is 9.59 Å². The Labute approximate surface area is 185 Å². The van der Waals surface area contributed by atoms with Crippen molar-refractivity contribution >= 4 is 34.7 Å². The lowest BCUT2D eigenvalue weighted by Gasteiger charge is -2.30. The Kier molecular flexibility index (Phi) is 4.80. The highest BCUT2D eigenvalue weighted by atomic mass is 16.2. The summed E-state index contributed by atoms with van der Waals surface area (Å²) in [5.74, 6) is 0.197. The van der Waals surface area contributed by atoms with Crippen LogP contribution in [-0.4, -0.2) is 40.7 Å². The minimum atomic E-state index is -0.257. The summed E-state index contributed by atoms with van der Waals surface area (Å²) in [6.07, 6.45) is 5.20. The molecule has 0 atom stereocenters. The van der Waals surface area contributed by atoms with Gasteiger partial charge in [0.25, 0.3) is 5.91 Å². The summed E-state index contributed by atoms with van der Waals surface area (Å²) in [5, 5.41) is 13.4. The first-order valence-electron chi connectivity index (χ1n) is 10.6. The Balaban J connectivity index is 1.55. The zero-order valence-electron chi connectivity index (χ0n) is 18.3. The Morgan fingerprint density at radius 2 is 1.94 bits per heavy atom. The van der Waals surface area contributed by atoms with Crippen molar-refractivity contribution in [1.82, 2.24) is 20.1 Å². The average molecular weight is 432 g/mol. The van der Waals surface area contributed by atoms with E-state index < -0.39 is 0 Å². The molecule has 2 aliphatic rings. The molecule has 3 aromatic rings. The van der Waals surface area contributed by atoms with Crippen LogP contribution in [0.4, 0.5) is 22.9 Å². The molecule has 0 bridgehead atoms. The molecule has 3 heterocycles. The zero-order valence-corrected chi connectivity index (χ0v) is 18.3. The Morgan fingerprint density at radius 3 is 2.69 bits per heavy atom. The van der Waals surface area contributed by atoms with Crippen molar-refractivity contribution in [3.63, 3.8) is 0 Å². The third-order valence-electron chi connectivity index (χ3n) is 5.94. The normalized spacial score (nSPS) is 14.4.